The van der Waals surface area contributed by atoms with Crippen molar-refractivity contribution in [3.63, 3.8) is 0 Å². The fraction of sp³-hybridized carbons (Fsp3) is 0.241. The molecule has 3 aromatic rings. The van der Waals surface area contributed by atoms with Gasteiger partial charge in [0, 0.05) is 5.92 Å². The van der Waals surface area contributed by atoms with E-state index in [2.05, 4.69) is 118 Å². The van der Waals surface area contributed by atoms with Crippen LogP contribution >= 0.6 is 0 Å². The molecule has 0 radical (unpaired) electrons. The Kier molecular flexibility index (Phi) is 7.64. The van der Waals surface area contributed by atoms with Gasteiger partial charge in [0.25, 0.3) is 0 Å². The first kappa shape index (κ1) is 20.9. The molecule has 0 heterocycles. The molecule has 0 atom stereocenters. The summed E-state index contributed by atoms with van der Waals surface area (Å²) < 4.78 is 0. The van der Waals surface area contributed by atoms with Crippen molar-refractivity contribution in [2.45, 2.75) is 46.0 Å². The van der Waals surface area contributed by atoms with Crippen LogP contribution in [0.3, 0.4) is 0 Å². The third-order valence-corrected chi connectivity index (χ3v) is 5.36. The molecule has 148 valence electrons. The maximum absolute atomic E-state index is 2.37. The van der Waals surface area contributed by atoms with Crippen molar-refractivity contribution in [3.8, 4) is 0 Å². The van der Waals surface area contributed by atoms with Crippen LogP contribution in [-0.2, 0) is 6.42 Å². The van der Waals surface area contributed by atoms with E-state index in [1.807, 2.05) is 0 Å². The summed E-state index contributed by atoms with van der Waals surface area (Å²) in [6.07, 6.45) is 7.98. The Morgan fingerprint density at radius 3 is 1.69 bits per heavy atom. The SMILES string of the molecule is CC(C)=CCCC(C)=CCc1ccc(C(c2ccccc2)c2ccccc2)cc1. The molecular weight excluding hydrogens is 348 g/mol. The molecule has 0 aliphatic rings. The van der Waals surface area contributed by atoms with E-state index in [1.165, 1.54) is 33.4 Å². The van der Waals surface area contributed by atoms with Crippen LogP contribution in [0.1, 0.15) is 61.8 Å². The Bertz CT molecular complexity index is 885. The molecule has 0 bridgehead atoms. The van der Waals surface area contributed by atoms with Gasteiger partial charge in [0.2, 0.25) is 0 Å². The number of hydrogen-bond acceptors (Lipinski definition) is 0. The van der Waals surface area contributed by atoms with Crippen molar-refractivity contribution >= 4 is 0 Å². The van der Waals surface area contributed by atoms with Crippen molar-refractivity contribution < 1.29 is 0 Å². The molecule has 0 fully saturated rings. The summed E-state index contributed by atoms with van der Waals surface area (Å²) >= 11 is 0. The van der Waals surface area contributed by atoms with Gasteiger partial charge in [0.15, 0.2) is 0 Å². The highest BCUT2D eigenvalue weighted by molar-refractivity contribution is 5.43. The highest BCUT2D eigenvalue weighted by Crippen LogP contribution is 2.31. The van der Waals surface area contributed by atoms with Crippen molar-refractivity contribution in [3.05, 3.63) is 130 Å². The maximum Gasteiger partial charge on any atom is 0.0339 e. The van der Waals surface area contributed by atoms with E-state index in [1.54, 1.807) is 0 Å². The smallest absolute Gasteiger partial charge is 0.0339 e. The first-order valence-corrected chi connectivity index (χ1v) is 10.6. The van der Waals surface area contributed by atoms with Crippen LogP contribution in [0.15, 0.2) is 108 Å². The van der Waals surface area contributed by atoms with Crippen LogP contribution in [0.2, 0.25) is 0 Å². The summed E-state index contributed by atoms with van der Waals surface area (Å²) in [4.78, 5) is 0. The van der Waals surface area contributed by atoms with E-state index in [4.69, 9.17) is 0 Å². The minimum absolute atomic E-state index is 0.271. The molecule has 0 spiro atoms. The Hall–Kier alpha value is -2.86. The fourth-order valence-electron chi connectivity index (χ4n) is 3.70. The standard InChI is InChI=1S/C29H32/c1-23(2)11-10-12-24(3)17-18-25-19-21-28(22-20-25)29(26-13-6-4-7-14-26)27-15-8-5-9-16-27/h4-9,11,13-17,19-22,29H,10,12,18H2,1-3H3. The summed E-state index contributed by atoms with van der Waals surface area (Å²) in [6.45, 7) is 6.57. The lowest BCUT2D eigenvalue weighted by Gasteiger charge is -2.19. The van der Waals surface area contributed by atoms with E-state index >= 15 is 0 Å². The number of allylic oxidation sites excluding steroid dienone is 4. The first-order valence-electron chi connectivity index (χ1n) is 10.6. The molecule has 0 amide bonds. The summed E-state index contributed by atoms with van der Waals surface area (Å²) in [5.74, 6) is 0.271. The molecule has 0 aliphatic carbocycles. The molecule has 3 aromatic carbocycles. The van der Waals surface area contributed by atoms with Gasteiger partial charge < -0.3 is 0 Å². The van der Waals surface area contributed by atoms with Gasteiger partial charge in [-0.05, 0) is 62.3 Å². The van der Waals surface area contributed by atoms with Crippen molar-refractivity contribution in [2.24, 2.45) is 0 Å². The van der Waals surface area contributed by atoms with Gasteiger partial charge in [0.05, 0.1) is 0 Å². The van der Waals surface area contributed by atoms with Gasteiger partial charge in [-0.3, -0.25) is 0 Å². The Morgan fingerprint density at radius 1 is 0.655 bits per heavy atom. The molecule has 0 heteroatoms. The van der Waals surface area contributed by atoms with E-state index in [0.29, 0.717) is 0 Å². The van der Waals surface area contributed by atoms with E-state index in [9.17, 15) is 0 Å². The molecule has 0 nitrogen and oxygen atoms in total. The van der Waals surface area contributed by atoms with Crippen LogP contribution in [-0.4, -0.2) is 0 Å². The van der Waals surface area contributed by atoms with Gasteiger partial charge >= 0.3 is 0 Å². The monoisotopic (exact) mass is 380 g/mol. The number of hydrogen-bond donors (Lipinski definition) is 0. The van der Waals surface area contributed by atoms with Gasteiger partial charge in [-0.1, -0.05) is 108 Å². The van der Waals surface area contributed by atoms with Crippen LogP contribution in [0, 0.1) is 0 Å². The van der Waals surface area contributed by atoms with E-state index in [-0.39, 0.29) is 5.92 Å². The third-order valence-electron chi connectivity index (χ3n) is 5.36. The zero-order valence-corrected chi connectivity index (χ0v) is 17.9. The highest BCUT2D eigenvalue weighted by Gasteiger charge is 2.16. The predicted molar refractivity (Wildman–Crippen MR) is 126 cm³/mol. The predicted octanol–water partition coefficient (Wildman–Crippen LogP) is 8.10. The molecule has 0 unspecified atom stereocenters. The van der Waals surface area contributed by atoms with Gasteiger partial charge in [-0.15, -0.1) is 0 Å². The molecule has 0 saturated carbocycles. The van der Waals surface area contributed by atoms with E-state index in [0.717, 1.165) is 19.3 Å². The van der Waals surface area contributed by atoms with E-state index < -0.39 is 0 Å². The fourth-order valence-corrected chi connectivity index (χ4v) is 3.70. The Balaban J connectivity index is 1.75. The quantitative estimate of drug-likeness (QED) is 0.273. The van der Waals surface area contributed by atoms with Crippen LogP contribution in [0.5, 0.6) is 0 Å². The lowest BCUT2D eigenvalue weighted by molar-refractivity contribution is 0.954. The molecule has 3 rings (SSSR count). The normalized spacial score (nSPS) is 11.5. The van der Waals surface area contributed by atoms with Crippen LogP contribution in [0.4, 0.5) is 0 Å². The van der Waals surface area contributed by atoms with Gasteiger partial charge in [-0.25, -0.2) is 0 Å². The minimum Gasteiger partial charge on any atom is -0.0856 e. The number of rotatable bonds is 8. The topological polar surface area (TPSA) is 0 Å². The lowest BCUT2D eigenvalue weighted by atomic mass is 9.85. The minimum atomic E-state index is 0.271. The van der Waals surface area contributed by atoms with Crippen molar-refractivity contribution in [1.29, 1.82) is 0 Å². The summed E-state index contributed by atoms with van der Waals surface area (Å²) in [6, 6.07) is 30.8. The second-order valence-corrected chi connectivity index (χ2v) is 8.07. The second-order valence-electron chi connectivity index (χ2n) is 8.07. The molecule has 29 heavy (non-hydrogen) atoms. The summed E-state index contributed by atoms with van der Waals surface area (Å²) in [5.41, 5.74) is 8.26. The maximum atomic E-state index is 2.37. The van der Waals surface area contributed by atoms with Crippen LogP contribution in [0.25, 0.3) is 0 Å². The average molecular weight is 381 g/mol. The Morgan fingerprint density at radius 2 is 1.17 bits per heavy atom. The second kappa shape index (κ2) is 10.6. The lowest BCUT2D eigenvalue weighted by Crippen LogP contribution is -2.03. The molecule has 0 aliphatic heterocycles. The Labute approximate surface area is 176 Å². The highest BCUT2D eigenvalue weighted by atomic mass is 14.2. The third kappa shape index (κ3) is 6.32. The molecule has 0 saturated heterocycles. The number of benzene rings is 3. The first-order chi connectivity index (χ1) is 14.1. The van der Waals surface area contributed by atoms with Gasteiger partial charge in [0.1, 0.15) is 0 Å². The zero-order chi connectivity index (χ0) is 20.5. The van der Waals surface area contributed by atoms with Crippen molar-refractivity contribution in [2.75, 3.05) is 0 Å². The summed E-state index contributed by atoms with van der Waals surface area (Å²) in [7, 11) is 0. The van der Waals surface area contributed by atoms with Crippen LogP contribution < -0.4 is 0 Å². The van der Waals surface area contributed by atoms with Crippen molar-refractivity contribution in [1.82, 2.24) is 0 Å². The molecule has 0 aromatic heterocycles. The largest absolute Gasteiger partial charge is 0.0856 e. The molecule has 0 N–H and O–H groups in total. The average Bonchev–Trinajstić information content (AvgIpc) is 2.75. The zero-order valence-electron chi connectivity index (χ0n) is 17.9. The summed E-state index contributed by atoms with van der Waals surface area (Å²) in [5, 5.41) is 0. The van der Waals surface area contributed by atoms with Gasteiger partial charge in [-0.2, -0.15) is 0 Å². The molecular formula is C29H32.